The van der Waals surface area contributed by atoms with Crippen LogP contribution in [0, 0.1) is 11.3 Å². The average molecular weight is 333 g/mol. The fourth-order valence-corrected chi connectivity index (χ4v) is 2.92. The highest BCUT2D eigenvalue weighted by Crippen LogP contribution is 2.27. The van der Waals surface area contributed by atoms with E-state index >= 15 is 0 Å². The van der Waals surface area contributed by atoms with Crippen LogP contribution in [0.4, 0.5) is 5.69 Å². The van der Waals surface area contributed by atoms with Crippen molar-refractivity contribution in [1.82, 2.24) is 4.98 Å². The second kappa shape index (κ2) is 7.44. The smallest absolute Gasteiger partial charge is 0.136 e. The largest absolute Gasteiger partial charge is 0.497 e. The van der Waals surface area contributed by atoms with E-state index in [1.165, 1.54) is 11.3 Å². The minimum Gasteiger partial charge on any atom is -0.497 e. The summed E-state index contributed by atoms with van der Waals surface area (Å²) >= 11 is 1.45. The number of nitriles is 1. The van der Waals surface area contributed by atoms with Gasteiger partial charge in [0.1, 0.15) is 22.4 Å². The van der Waals surface area contributed by atoms with Crippen LogP contribution in [0.15, 0.2) is 66.2 Å². The number of hydrogen-bond acceptors (Lipinski definition) is 5. The molecule has 118 valence electrons. The monoisotopic (exact) mass is 333 g/mol. The van der Waals surface area contributed by atoms with Crippen molar-refractivity contribution in [1.29, 1.82) is 5.26 Å². The number of nitrogens with one attached hydrogen (secondary N) is 1. The molecule has 0 aliphatic carbocycles. The highest BCUT2D eigenvalue weighted by atomic mass is 32.1. The van der Waals surface area contributed by atoms with E-state index in [1.807, 2.05) is 60.0 Å². The summed E-state index contributed by atoms with van der Waals surface area (Å²) in [7, 11) is 1.64. The zero-order chi connectivity index (χ0) is 16.8. The highest BCUT2D eigenvalue weighted by Gasteiger charge is 2.09. The number of rotatable bonds is 5. The third-order valence-electron chi connectivity index (χ3n) is 3.40. The fraction of sp³-hybridized carbons (Fsp3) is 0.0526. The van der Waals surface area contributed by atoms with Gasteiger partial charge in [-0.25, -0.2) is 4.98 Å². The molecule has 0 fully saturated rings. The summed E-state index contributed by atoms with van der Waals surface area (Å²) in [6, 6.07) is 19.6. The molecule has 0 unspecified atom stereocenters. The van der Waals surface area contributed by atoms with Gasteiger partial charge in [0, 0.05) is 22.8 Å². The van der Waals surface area contributed by atoms with Crippen LogP contribution in [0.3, 0.4) is 0 Å². The van der Waals surface area contributed by atoms with E-state index in [4.69, 9.17) is 4.74 Å². The van der Waals surface area contributed by atoms with E-state index in [2.05, 4.69) is 16.4 Å². The van der Waals surface area contributed by atoms with E-state index in [-0.39, 0.29) is 0 Å². The topological polar surface area (TPSA) is 57.9 Å². The zero-order valence-electron chi connectivity index (χ0n) is 13.1. The Morgan fingerprint density at radius 2 is 1.92 bits per heavy atom. The van der Waals surface area contributed by atoms with Crippen molar-refractivity contribution in [2.45, 2.75) is 0 Å². The average Bonchev–Trinajstić information content (AvgIpc) is 3.13. The predicted molar refractivity (Wildman–Crippen MR) is 97.8 cm³/mol. The first-order valence-corrected chi connectivity index (χ1v) is 8.20. The van der Waals surface area contributed by atoms with Crippen LogP contribution in [0.1, 0.15) is 5.01 Å². The third-order valence-corrected chi connectivity index (χ3v) is 4.27. The van der Waals surface area contributed by atoms with E-state index in [0.717, 1.165) is 22.7 Å². The Hall–Kier alpha value is -3.10. The first kappa shape index (κ1) is 15.8. The van der Waals surface area contributed by atoms with Gasteiger partial charge < -0.3 is 10.1 Å². The molecular weight excluding hydrogens is 318 g/mol. The maximum absolute atomic E-state index is 9.40. The number of methoxy groups -OCH3 is 1. The summed E-state index contributed by atoms with van der Waals surface area (Å²) in [4.78, 5) is 4.57. The van der Waals surface area contributed by atoms with Crippen molar-refractivity contribution in [2.75, 3.05) is 12.4 Å². The van der Waals surface area contributed by atoms with Crippen LogP contribution >= 0.6 is 11.3 Å². The summed E-state index contributed by atoms with van der Waals surface area (Å²) in [5.74, 6) is 0.805. The van der Waals surface area contributed by atoms with Gasteiger partial charge in [0.2, 0.25) is 0 Å². The minimum absolute atomic E-state index is 0.503. The van der Waals surface area contributed by atoms with Crippen LogP contribution in [-0.2, 0) is 0 Å². The Morgan fingerprint density at radius 3 is 2.58 bits per heavy atom. The summed E-state index contributed by atoms with van der Waals surface area (Å²) in [5, 5.41) is 15.2. The van der Waals surface area contributed by atoms with Crippen molar-refractivity contribution in [3.63, 3.8) is 0 Å². The lowest BCUT2D eigenvalue weighted by molar-refractivity contribution is 0.415. The van der Waals surface area contributed by atoms with Gasteiger partial charge in [-0.05, 0) is 36.4 Å². The molecule has 3 rings (SSSR count). The van der Waals surface area contributed by atoms with Gasteiger partial charge in [-0.1, -0.05) is 18.2 Å². The van der Waals surface area contributed by atoms with E-state index in [0.29, 0.717) is 10.6 Å². The summed E-state index contributed by atoms with van der Waals surface area (Å²) in [6.07, 6.45) is 1.69. The molecule has 2 aromatic carbocycles. The number of hydrogen-bond donors (Lipinski definition) is 1. The highest BCUT2D eigenvalue weighted by molar-refractivity contribution is 7.11. The molecule has 1 heterocycles. The molecule has 4 nitrogen and oxygen atoms in total. The SMILES string of the molecule is COc1ccc(-c2csc(C(C#N)=CNc3ccccc3)n2)cc1. The standard InChI is InChI=1S/C19H15N3OS/c1-23-17-9-7-14(8-10-17)18-13-24-19(22-18)15(11-20)12-21-16-5-3-2-4-6-16/h2-10,12-13,21H,1H3. The van der Waals surface area contributed by atoms with Crippen LogP contribution in [-0.4, -0.2) is 12.1 Å². The summed E-state index contributed by atoms with van der Waals surface area (Å²) < 4.78 is 5.16. The Labute approximate surface area is 144 Å². The van der Waals surface area contributed by atoms with Crippen LogP contribution in [0.2, 0.25) is 0 Å². The molecule has 0 aliphatic rings. The van der Waals surface area contributed by atoms with E-state index in [1.54, 1.807) is 13.3 Å². The number of benzene rings is 2. The van der Waals surface area contributed by atoms with Crippen molar-refractivity contribution in [3.05, 3.63) is 71.2 Å². The van der Waals surface area contributed by atoms with E-state index in [9.17, 15) is 5.26 Å². The molecule has 1 aromatic heterocycles. The molecule has 0 bridgehead atoms. The van der Waals surface area contributed by atoms with Crippen LogP contribution in [0.5, 0.6) is 5.75 Å². The number of aromatic nitrogens is 1. The predicted octanol–water partition coefficient (Wildman–Crippen LogP) is 4.80. The maximum atomic E-state index is 9.40. The lowest BCUT2D eigenvalue weighted by atomic mass is 10.2. The molecular formula is C19H15N3OS. The molecule has 0 radical (unpaired) electrons. The Morgan fingerprint density at radius 1 is 1.17 bits per heavy atom. The van der Waals surface area contributed by atoms with Gasteiger partial charge in [-0.15, -0.1) is 11.3 Å². The van der Waals surface area contributed by atoms with Gasteiger partial charge >= 0.3 is 0 Å². The van der Waals surface area contributed by atoms with Crippen LogP contribution < -0.4 is 10.1 Å². The zero-order valence-corrected chi connectivity index (χ0v) is 13.9. The number of para-hydroxylation sites is 1. The lowest BCUT2D eigenvalue weighted by Crippen LogP contribution is -1.90. The van der Waals surface area contributed by atoms with Gasteiger partial charge in [-0.2, -0.15) is 5.26 Å². The number of allylic oxidation sites excluding steroid dienone is 1. The number of thiazole rings is 1. The molecule has 0 saturated heterocycles. The van der Waals surface area contributed by atoms with Crippen molar-refractivity contribution in [2.24, 2.45) is 0 Å². The molecule has 0 amide bonds. The van der Waals surface area contributed by atoms with Gasteiger partial charge in [0.25, 0.3) is 0 Å². The van der Waals surface area contributed by atoms with Crippen molar-refractivity contribution in [3.8, 4) is 23.1 Å². The number of ether oxygens (including phenoxy) is 1. The molecule has 0 saturated carbocycles. The molecule has 24 heavy (non-hydrogen) atoms. The Balaban J connectivity index is 1.81. The summed E-state index contributed by atoms with van der Waals surface area (Å²) in [5.41, 5.74) is 3.27. The minimum atomic E-state index is 0.503. The molecule has 0 spiro atoms. The van der Waals surface area contributed by atoms with Crippen molar-refractivity contribution < 1.29 is 4.74 Å². The van der Waals surface area contributed by atoms with E-state index < -0.39 is 0 Å². The molecule has 0 atom stereocenters. The normalized spacial score (nSPS) is 10.9. The fourth-order valence-electron chi connectivity index (χ4n) is 2.12. The Bertz CT molecular complexity index is 877. The summed E-state index contributed by atoms with van der Waals surface area (Å²) in [6.45, 7) is 0. The first-order chi connectivity index (χ1) is 11.8. The number of anilines is 1. The number of nitrogens with zero attached hydrogens (tertiary/aromatic N) is 2. The second-order valence-electron chi connectivity index (χ2n) is 4.95. The first-order valence-electron chi connectivity index (χ1n) is 7.32. The molecule has 1 N–H and O–H groups in total. The second-order valence-corrected chi connectivity index (χ2v) is 5.80. The maximum Gasteiger partial charge on any atom is 0.136 e. The molecule has 5 heteroatoms. The third kappa shape index (κ3) is 3.62. The lowest BCUT2D eigenvalue weighted by Gasteiger charge is -2.01. The Kier molecular flexibility index (Phi) is 4.90. The van der Waals surface area contributed by atoms with Gasteiger partial charge in [0.05, 0.1) is 12.8 Å². The quantitative estimate of drug-likeness (QED) is 0.682. The van der Waals surface area contributed by atoms with Crippen molar-refractivity contribution >= 4 is 22.6 Å². The molecule has 3 aromatic rings. The van der Waals surface area contributed by atoms with Crippen LogP contribution in [0.25, 0.3) is 16.8 Å². The molecule has 0 aliphatic heterocycles. The van der Waals surface area contributed by atoms with Gasteiger partial charge in [-0.3, -0.25) is 0 Å². The van der Waals surface area contributed by atoms with Gasteiger partial charge in [0.15, 0.2) is 0 Å².